The first-order valence-electron chi connectivity index (χ1n) is 9.20. The fourth-order valence-electron chi connectivity index (χ4n) is 3.45. The predicted octanol–water partition coefficient (Wildman–Crippen LogP) is 2.17. The number of anilines is 1. The van der Waals surface area contributed by atoms with E-state index in [0.717, 1.165) is 4.90 Å². The molecule has 1 aromatic rings. The Bertz CT molecular complexity index is 843. The zero-order chi connectivity index (χ0) is 21.0. The predicted molar refractivity (Wildman–Crippen MR) is 104 cm³/mol. The second-order valence-electron chi connectivity index (χ2n) is 6.79. The van der Waals surface area contributed by atoms with Gasteiger partial charge in [0.25, 0.3) is 5.91 Å². The van der Waals surface area contributed by atoms with E-state index in [4.69, 9.17) is 21.1 Å². The van der Waals surface area contributed by atoms with Crippen LogP contribution in [0.4, 0.5) is 5.69 Å². The molecule has 1 N–H and O–H groups in total. The molecule has 0 unspecified atom stereocenters. The number of nitrogens with zero attached hydrogens (tertiary/aromatic N) is 1. The minimum Gasteiger partial charge on any atom is -0.495 e. The lowest BCUT2D eigenvalue weighted by atomic mass is 9.85. The highest BCUT2D eigenvalue weighted by Gasteiger charge is 2.46. The fourth-order valence-corrected chi connectivity index (χ4v) is 3.71. The third-order valence-corrected chi connectivity index (χ3v) is 5.23. The molecule has 2 aliphatic rings. The van der Waals surface area contributed by atoms with E-state index in [1.54, 1.807) is 12.1 Å². The molecule has 3 rings (SSSR count). The number of allylic oxidation sites excluding steroid dienone is 2. The topological polar surface area (TPSA) is 102 Å². The van der Waals surface area contributed by atoms with Crippen LogP contribution in [-0.2, 0) is 23.9 Å². The number of carbonyl (C=O) groups is 4. The number of ether oxygens (including phenoxy) is 2. The van der Waals surface area contributed by atoms with Crippen molar-refractivity contribution >= 4 is 41.0 Å². The normalized spacial score (nSPS) is 20.4. The third-order valence-electron chi connectivity index (χ3n) is 4.94. The summed E-state index contributed by atoms with van der Waals surface area (Å²) in [6.45, 7) is -0.529. The van der Waals surface area contributed by atoms with Crippen LogP contribution in [0.1, 0.15) is 19.3 Å². The Balaban J connectivity index is 1.43. The standard InChI is InChI=1S/C20H21ClN2O6/c1-28-16-7-6-12(10-15(16)21)22-17(24)11-29-18(25)8-9-23-19(26)13-4-2-3-5-14(13)20(23)27/h2-3,6-7,10,13-14H,4-5,8-9,11H2,1H3,(H,22,24)/t13-,14+. The molecule has 0 bridgehead atoms. The zero-order valence-corrected chi connectivity index (χ0v) is 16.6. The average molecular weight is 421 g/mol. The maximum absolute atomic E-state index is 12.3. The number of methoxy groups -OCH3 is 1. The third kappa shape index (κ3) is 4.76. The molecule has 8 nitrogen and oxygen atoms in total. The highest BCUT2D eigenvalue weighted by Crippen LogP contribution is 2.35. The quantitative estimate of drug-likeness (QED) is 0.412. The van der Waals surface area contributed by atoms with E-state index in [1.165, 1.54) is 13.2 Å². The van der Waals surface area contributed by atoms with Gasteiger partial charge in [-0.25, -0.2) is 0 Å². The molecule has 0 aromatic heterocycles. The molecule has 3 amide bonds. The van der Waals surface area contributed by atoms with E-state index >= 15 is 0 Å². The molecule has 0 spiro atoms. The lowest BCUT2D eigenvalue weighted by Gasteiger charge is -2.14. The molecule has 1 saturated heterocycles. The summed E-state index contributed by atoms with van der Waals surface area (Å²) >= 11 is 5.99. The van der Waals surface area contributed by atoms with Gasteiger partial charge in [0, 0.05) is 12.2 Å². The van der Waals surface area contributed by atoms with Gasteiger partial charge in [0.2, 0.25) is 11.8 Å². The maximum atomic E-state index is 12.3. The molecule has 1 aliphatic carbocycles. The molecule has 1 aromatic carbocycles. The molecule has 1 heterocycles. The van der Waals surface area contributed by atoms with Crippen LogP contribution in [0.5, 0.6) is 5.75 Å². The molecule has 29 heavy (non-hydrogen) atoms. The van der Waals surface area contributed by atoms with Crippen LogP contribution in [0.15, 0.2) is 30.4 Å². The summed E-state index contributed by atoms with van der Waals surface area (Å²) in [5.41, 5.74) is 0.432. The highest BCUT2D eigenvalue weighted by molar-refractivity contribution is 6.32. The number of amides is 3. The first-order chi connectivity index (χ1) is 13.9. The number of fused-ring (bicyclic) bond motifs is 1. The lowest BCUT2D eigenvalue weighted by Crippen LogP contribution is -2.33. The van der Waals surface area contributed by atoms with E-state index in [9.17, 15) is 19.2 Å². The molecule has 2 atom stereocenters. The Labute approximate surface area is 172 Å². The van der Waals surface area contributed by atoms with Gasteiger partial charge in [-0.05, 0) is 31.0 Å². The van der Waals surface area contributed by atoms with Crippen molar-refractivity contribution < 1.29 is 28.7 Å². The van der Waals surface area contributed by atoms with Gasteiger partial charge in [-0.2, -0.15) is 0 Å². The second-order valence-corrected chi connectivity index (χ2v) is 7.20. The summed E-state index contributed by atoms with van der Waals surface area (Å²) < 4.78 is 9.96. The van der Waals surface area contributed by atoms with Gasteiger partial charge in [0.05, 0.1) is 30.4 Å². The van der Waals surface area contributed by atoms with Gasteiger partial charge in [0.1, 0.15) is 5.75 Å². The Morgan fingerprint density at radius 2 is 1.83 bits per heavy atom. The Kier molecular flexibility index (Phi) is 6.53. The lowest BCUT2D eigenvalue weighted by molar-refractivity contribution is -0.148. The first kappa shape index (κ1) is 20.9. The van der Waals surface area contributed by atoms with Crippen molar-refractivity contribution in [2.24, 2.45) is 11.8 Å². The van der Waals surface area contributed by atoms with Gasteiger partial charge in [-0.15, -0.1) is 0 Å². The SMILES string of the molecule is COc1ccc(NC(=O)COC(=O)CCN2C(=O)[C@H]3CC=CC[C@H]3C2=O)cc1Cl. The fraction of sp³-hybridized carbons (Fsp3) is 0.400. The number of imide groups is 1. The van der Waals surface area contributed by atoms with Crippen molar-refractivity contribution in [1.82, 2.24) is 4.90 Å². The van der Waals surface area contributed by atoms with Gasteiger partial charge in [-0.3, -0.25) is 24.1 Å². The monoisotopic (exact) mass is 420 g/mol. The second kappa shape index (κ2) is 9.09. The van der Waals surface area contributed by atoms with Crippen molar-refractivity contribution in [2.75, 3.05) is 25.6 Å². The Hall–Kier alpha value is -2.87. The number of carbonyl (C=O) groups excluding carboxylic acids is 4. The van der Waals surface area contributed by atoms with Gasteiger partial charge in [0.15, 0.2) is 6.61 Å². The zero-order valence-electron chi connectivity index (χ0n) is 15.9. The highest BCUT2D eigenvalue weighted by atomic mass is 35.5. The molecule has 0 radical (unpaired) electrons. The van der Waals surface area contributed by atoms with Crippen LogP contribution in [0.3, 0.4) is 0 Å². The summed E-state index contributed by atoms with van der Waals surface area (Å²) in [4.78, 5) is 49.7. The van der Waals surface area contributed by atoms with Crippen LogP contribution in [0.25, 0.3) is 0 Å². The molecule has 9 heteroatoms. The van der Waals surface area contributed by atoms with Crippen molar-refractivity contribution in [3.63, 3.8) is 0 Å². The number of likely N-dealkylation sites (tertiary alicyclic amines) is 1. The van der Waals surface area contributed by atoms with Crippen molar-refractivity contribution in [2.45, 2.75) is 19.3 Å². The van der Waals surface area contributed by atoms with Crippen LogP contribution < -0.4 is 10.1 Å². The van der Waals surface area contributed by atoms with E-state index < -0.39 is 18.5 Å². The molecular weight excluding hydrogens is 400 g/mol. The van der Waals surface area contributed by atoms with Crippen LogP contribution in [0.2, 0.25) is 5.02 Å². The number of halogens is 1. The maximum Gasteiger partial charge on any atom is 0.308 e. The summed E-state index contributed by atoms with van der Waals surface area (Å²) in [5.74, 6) is -1.88. The van der Waals surface area contributed by atoms with Crippen LogP contribution >= 0.6 is 11.6 Å². The van der Waals surface area contributed by atoms with E-state index in [0.29, 0.717) is 29.3 Å². The summed E-state index contributed by atoms with van der Waals surface area (Å²) in [5, 5.41) is 2.88. The number of nitrogens with one attached hydrogen (secondary N) is 1. The largest absolute Gasteiger partial charge is 0.495 e. The number of hydrogen-bond donors (Lipinski definition) is 1. The Morgan fingerprint density at radius 3 is 2.41 bits per heavy atom. The molecule has 1 aliphatic heterocycles. The van der Waals surface area contributed by atoms with E-state index in [-0.39, 0.29) is 36.6 Å². The van der Waals surface area contributed by atoms with Crippen molar-refractivity contribution in [1.29, 1.82) is 0 Å². The number of esters is 1. The minimum absolute atomic E-state index is 0.0425. The smallest absolute Gasteiger partial charge is 0.308 e. The van der Waals surface area contributed by atoms with Gasteiger partial charge < -0.3 is 14.8 Å². The molecule has 1 fully saturated rings. The van der Waals surface area contributed by atoms with E-state index in [2.05, 4.69) is 5.32 Å². The van der Waals surface area contributed by atoms with Crippen molar-refractivity contribution in [3.8, 4) is 5.75 Å². The number of hydrogen-bond acceptors (Lipinski definition) is 6. The summed E-state index contributed by atoms with van der Waals surface area (Å²) in [7, 11) is 1.48. The molecule has 154 valence electrons. The number of rotatable bonds is 7. The van der Waals surface area contributed by atoms with Gasteiger partial charge in [-0.1, -0.05) is 23.8 Å². The van der Waals surface area contributed by atoms with E-state index in [1.807, 2.05) is 12.2 Å². The molecular formula is C20H21ClN2O6. The van der Waals surface area contributed by atoms with Gasteiger partial charge >= 0.3 is 5.97 Å². The Morgan fingerprint density at radius 1 is 1.17 bits per heavy atom. The summed E-state index contributed by atoms with van der Waals surface area (Å²) in [6, 6.07) is 4.71. The average Bonchev–Trinajstić information content (AvgIpc) is 2.95. The van der Waals surface area contributed by atoms with Crippen LogP contribution in [-0.4, -0.2) is 48.9 Å². The summed E-state index contributed by atoms with van der Waals surface area (Å²) in [6.07, 6.45) is 4.74. The molecule has 0 saturated carbocycles. The minimum atomic E-state index is -0.665. The van der Waals surface area contributed by atoms with Crippen LogP contribution in [0, 0.1) is 11.8 Å². The number of benzene rings is 1. The van der Waals surface area contributed by atoms with Crippen molar-refractivity contribution in [3.05, 3.63) is 35.4 Å². The first-order valence-corrected chi connectivity index (χ1v) is 9.57.